The molecule has 3 N–H and O–H groups in total. The van der Waals surface area contributed by atoms with Crippen LogP contribution in [-0.4, -0.2) is 32.3 Å². The summed E-state index contributed by atoms with van der Waals surface area (Å²) in [6.45, 7) is 0.972. The minimum atomic E-state index is 0.666. The molecule has 4 nitrogen and oxygen atoms in total. The van der Waals surface area contributed by atoms with E-state index < -0.39 is 0 Å². The number of methoxy groups -OCH3 is 2. The number of nitrogens with one attached hydrogen (secondary N) is 1. The summed E-state index contributed by atoms with van der Waals surface area (Å²) in [7, 11) is 3.25. The second-order valence-corrected chi connectivity index (χ2v) is 5.96. The Labute approximate surface area is 119 Å². The molecule has 1 aromatic carbocycles. The molecule has 0 unspecified atom stereocenters. The molecule has 5 heteroatoms. The highest BCUT2D eigenvalue weighted by Crippen LogP contribution is 2.35. The van der Waals surface area contributed by atoms with E-state index in [0.717, 1.165) is 18.2 Å². The summed E-state index contributed by atoms with van der Waals surface area (Å²) in [4.78, 5) is 0. The summed E-state index contributed by atoms with van der Waals surface area (Å²) in [6.07, 6.45) is 2.57. The number of hydrogen-bond acceptors (Lipinski definition) is 5. The van der Waals surface area contributed by atoms with E-state index in [1.165, 1.54) is 24.3 Å². The quantitative estimate of drug-likeness (QED) is 0.813. The molecular formula is C14H22N2O2S. The monoisotopic (exact) mass is 282 g/mol. The molecule has 0 atom stereocenters. The smallest absolute Gasteiger partial charge is 0.162 e. The van der Waals surface area contributed by atoms with Crippen LogP contribution in [0.3, 0.4) is 0 Å². The predicted molar refractivity (Wildman–Crippen MR) is 82.5 cm³/mol. The van der Waals surface area contributed by atoms with Crippen molar-refractivity contribution >= 4 is 23.1 Å². The van der Waals surface area contributed by atoms with E-state index in [0.29, 0.717) is 17.2 Å². The topological polar surface area (TPSA) is 56.5 Å². The molecule has 0 spiro atoms. The van der Waals surface area contributed by atoms with Gasteiger partial charge in [0, 0.05) is 18.7 Å². The van der Waals surface area contributed by atoms with E-state index in [4.69, 9.17) is 15.2 Å². The Balaban J connectivity index is 2.02. The third-order valence-electron chi connectivity index (χ3n) is 3.48. The van der Waals surface area contributed by atoms with Crippen LogP contribution in [0.1, 0.15) is 12.8 Å². The van der Waals surface area contributed by atoms with Gasteiger partial charge in [-0.1, -0.05) is 0 Å². The number of benzene rings is 1. The molecule has 0 amide bonds. The molecule has 2 rings (SSSR count). The lowest BCUT2D eigenvalue weighted by atomic mass is 10.0. The minimum Gasteiger partial charge on any atom is -0.493 e. The van der Waals surface area contributed by atoms with Crippen molar-refractivity contribution < 1.29 is 9.47 Å². The molecule has 19 heavy (non-hydrogen) atoms. The molecule has 1 fully saturated rings. The molecular weight excluding hydrogens is 260 g/mol. The normalized spacial score (nSPS) is 16.1. The molecule has 1 heterocycles. The van der Waals surface area contributed by atoms with Gasteiger partial charge in [0.2, 0.25) is 0 Å². The Morgan fingerprint density at radius 3 is 2.47 bits per heavy atom. The highest BCUT2D eigenvalue weighted by atomic mass is 32.2. The van der Waals surface area contributed by atoms with Crippen molar-refractivity contribution in [2.75, 3.05) is 43.3 Å². The second-order valence-electron chi connectivity index (χ2n) is 4.73. The van der Waals surface area contributed by atoms with Crippen LogP contribution in [0.4, 0.5) is 11.4 Å². The molecule has 1 aliphatic rings. The number of anilines is 2. The fourth-order valence-corrected chi connectivity index (χ4v) is 3.46. The first-order valence-electron chi connectivity index (χ1n) is 6.57. The zero-order chi connectivity index (χ0) is 13.7. The van der Waals surface area contributed by atoms with E-state index in [9.17, 15) is 0 Å². The Kier molecular flexibility index (Phi) is 5.07. The van der Waals surface area contributed by atoms with Crippen LogP contribution < -0.4 is 20.5 Å². The minimum absolute atomic E-state index is 0.666. The maximum atomic E-state index is 6.03. The Hall–Kier alpha value is -1.23. The third kappa shape index (κ3) is 3.62. The zero-order valence-corrected chi connectivity index (χ0v) is 12.4. The van der Waals surface area contributed by atoms with Crippen LogP contribution in [0.5, 0.6) is 11.5 Å². The maximum Gasteiger partial charge on any atom is 0.162 e. The second kappa shape index (κ2) is 6.80. The summed E-state index contributed by atoms with van der Waals surface area (Å²) >= 11 is 2.05. The van der Waals surface area contributed by atoms with Gasteiger partial charge in [-0.25, -0.2) is 0 Å². The number of rotatable bonds is 5. The molecule has 0 aliphatic carbocycles. The first kappa shape index (κ1) is 14.2. The van der Waals surface area contributed by atoms with Gasteiger partial charge in [0.1, 0.15) is 0 Å². The van der Waals surface area contributed by atoms with E-state index in [1.807, 2.05) is 17.8 Å². The van der Waals surface area contributed by atoms with Crippen molar-refractivity contribution in [2.45, 2.75) is 12.8 Å². The fourth-order valence-electron chi connectivity index (χ4n) is 2.25. The van der Waals surface area contributed by atoms with Gasteiger partial charge in [-0.3, -0.25) is 0 Å². The summed E-state index contributed by atoms with van der Waals surface area (Å²) in [5, 5.41) is 3.44. The van der Waals surface area contributed by atoms with Gasteiger partial charge < -0.3 is 20.5 Å². The van der Waals surface area contributed by atoms with Crippen LogP contribution in [0.25, 0.3) is 0 Å². The van der Waals surface area contributed by atoms with Crippen LogP contribution in [0, 0.1) is 5.92 Å². The number of ether oxygens (including phenoxy) is 2. The first-order chi connectivity index (χ1) is 9.24. The Bertz CT molecular complexity index is 420. The van der Waals surface area contributed by atoms with E-state index in [1.54, 1.807) is 20.3 Å². The molecule has 0 saturated carbocycles. The Morgan fingerprint density at radius 2 is 1.84 bits per heavy atom. The number of hydrogen-bond donors (Lipinski definition) is 2. The maximum absolute atomic E-state index is 6.03. The van der Waals surface area contributed by atoms with Crippen LogP contribution in [-0.2, 0) is 0 Å². The van der Waals surface area contributed by atoms with Crippen molar-refractivity contribution in [3.05, 3.63) is 12.1 Å². The van der Waals surface area contributed by atoms with E-state index in [-0.39, 0.29) is 0 Å². The van der Waals surface area contributed by atoms with Crippen LogP contribution >= 0.6 is 11.8 Å². The van der Waals surface area contributed by atoms with Crippen molar-refractivity contribution in [1.82, 2.24) is 0 Å². The molecule has 0 bridgehead atoms. The zero-order valence-electron chi connectivity index (χ0n) is 11.6. The van der Waals surface area contributed by atoms with Gasteiger partial charge in [0.25, 0.3) is 0 Å². The third-order valence-corrected chi connectivity index (χ3v) is 4.53. The van der Waals surface area contributed by atoms with Gasteiger partial charge in [-0.2, -0.15) is 11.8 Å². The predicted octanol–water partition coefficient (Wildman–Crippen LogP) is 2.84. The molecule has 1 aromatic rings. The summed E-state index contributed by atoms with van der Waals surface area (Å²) in [6, 6.07) is 3.71. The molecule has 0 radical (unpaired) electrons. The van der Waals surface area contributed by atoms with Gasteiger partial charge >= 0.3 is 0 Å². The first-order valence-corrected chi connectivity index (χ1v) is 7.73. The highest BCUT2D eigenvalue weighted by Gasteiger charge is 2.15. The Morgan fingerprint density at radius 1 is 1.21 bits per heavy atom. The standard InChI is InChI=1S/C14H22N2O2S/c1-17-13-7-11(15)12(8-14(13)18-2)16-9-10-3-5-19-6-4-10/h7-8,10,16H,3-6,9,15H2,1-2H3. The molecule has 1 saturated heterocycles. The lowest BCUT2D eigenvalue weighted by Crippen LogP contribution is -2.19. The molecule has 1 aliphatic heterocycles. The van der Waals surface area contributed by atoms with Crippen molar-refractivity contribution in [3.8, 4) is 11.5 Å². The molecule has 0 aromatic heterocycles. The largest absolute Gasteiger partial charge is 0.493 e. The van der Waals surface area contributed by atoms with E-state index >= 15 is 0 Å². The summed E-state index contributed by atoms with van der Waals surface area (Å²) < 4.78 is 10.5. The number of thioether (sulfide) groups is 1. The number of nitrogen functional groups attached to an aromatic ring is 1. The van der Waals surface area contributed by atoms with Crippen molar-refractivity contribution in [2.24, 2.45) is 5.92 Å². The fraction of sp³-hybridized carbons (Fsp3) is 0.571. The van der Waals surface area contributed by atoms with Crippen molar-refractivity contribution in [3.63, 3.8) is 0 Å². The number of nitrogens with two attached hydrogens (primary N) is 1. The van der Waals surface area contributed by atoms with Crippen LogP contribution in [0.2, 0.25) is 0 Å². The van der Waals surface area contributed by atoms with Crippen LogP contribution in [0.15, 0.2) is 12.1 Å². The van der Waals surface area contributed by atoms with Gasteiger partial charge in [0.05, 0.1) is 25.6 Å². The average molecular weight is 282 g/mol. The summed E-state index contributed by atoms with van der Waals surface area (Å²) in [5.74, 6) is 4.66. The molecule has 106 valence electrons. The SMILES string of the molecule is COc1cc(N)c(NCC2CCSCC2)cc1OC. The van der Waals surface area contributed by atoms with Gasteiger partial charge in [0.15, 0.2) is 11.5 Å². The van der Waals surface area contributed by atoms with Gasteiger partial charge in [-0.05, 0) is 30.3 Å². The summed E-state index contributed by atoms with van der Waals surface area (Å²) in [5.41, 5.74) is 7.66. The lowest BCUT2D eigenvalue weighted by molar-refractivity contribution is 0.355. The lowest BCUT2D eigenvalue weighted by Gasteiger charge is -2.23. The van der Waals surface area contributed by atoms with Crippen molar-refractivity contribution in [1.29, 1.82) is 0 Å². The average Bonchev–Trinajstić information content (AvgIpc) is 2.46. The van der Waals surface area contributed by atoms with E-state index in [2.05, 4.69) is 5.32 Å². The highest BCUT2D eigenvalue weighted by molar-refractivity contribution is 7.99. The van der Waals surface area contributed by atoms with Gasteiger partial charge in [-0.15, -0.1) is 0 Å².